The molecule has 1 atom stereocenters. The first-order valence-corrected chi connectivity index (χ1v) is 8.11. The predicted molar refractivity (Wildman–Crippen MR) is 88.6 cm³/mol. The maximum Gasteiger partial charge on any atom is 0.407 e. The van der Waals surface area contributed by atoms with Crippen LogP contribution in [0.25, 0.3) is 0 Å². The van der Waals surface area contributed by atoms with Crippen LogP contribution in [0.1, 0.15) is 33.1 Å². The number of aromatic nitrogens is 1. The van der Waals surface area contributed by atoms with Crippen molar-refractivity contribution in [3.63, 3.8) is 0 Å². The van der Waals surface area contributed by atoms with Gasteiger partial charge in [-0.1, -0.05) is 11.6 Å². The lowest BCUT2D eigenvalue weighted by Crippen LogP contribution is -2.47. The molecular weight excluding hydrogens is 321 g/mol. The Bertz CT molecular complexity index is 582. The van der Waals surface area contributed by atoms with E-state index in [4.69, 9.17) is 11.6 Å². The van der Waals surface area contributed by atoms with Crippen LogP contribution < -0.4 is 4.90 Å². The molecular formula is C16H23ClFN3O2. The van der Waals surface area contributed by atoms with E-state index in [9.17, 15) is 14.3 Å². The van der Waals surface area contributed by atoms with Gasteiger partial charge in [0.25, 0.3) is 0 Å². The van der Waals surface area contributed by atoms with Gasteiger partial charge in [-0.2, -0.15) is 0 Å². The molecule has 0 spiro atoms. The van der Waals surface area contributed by atoms with Crippen LogP contribution in [0.4, 0.5) is 14.9 Å². The molecule has 7 heteroatoms. The number of nitrogens with zero attached hydrogens (tertiary/aromatic N) is 3. The first kappa shape index (κ1) is 17.8. The zero-order valence-corrected chi connectivity index (χ0v) is 14.5. The Morgan fingerprint density at radius 1 is 1.57 bits per heavy atom. The lowest BCUT2D eigenvalue weighted by molar-refractivity contribution is 0.0943. The van der Waals surface area contributed by atoms with Gasteiger partial charge in [-0.25, -0.2) is 9.18 Å². The number of hydrogen-bond donors (Lipinski definition) is 1. The van der Waals surface area contributed by atoms with E-state index >= 15 is 0 Å². The Morgan fingerprint density at radius 2 is 2.26 bits per heavy atom. The minimum absolute atomic E-state index is 0.0996. The maximum atomic E-state index is 13.6. The summed E-state index contributed by atoms with van der Waals surface area (Å²) in [7, 11) is 1.59. The summed E-state index contributed by atoms with van der Waals surface area (Å²) in [5.41, 5.74) is 0.157. The van der Waals surface area contributed by atoms with Crippen LogP contribution in [0.2, 0.25) is 5.02 Å². The number of anilines is 1. The Morgan fingerprint density at radius 3 is 2.91 bits per heavy atom. The smallest absolute Gasteiger partial charge is 0.407 e. The number of amides is 1. The van der Waals surface area contributed by atoms with Crippen LogP contribution in [0.5, 0.6) is 0 Å². The molecule has 1 fully saturated rings. The predicted octanol–water partition coefficient (Wildman–Crippen LogP) is 3.87. The fourth-order valence-electron chi connectivity index (χ4n) is 3.18. The average molecular weight is 344 g/mol. The van der Waals surface area contributed by atoms with Crippen LogP contribution in [0.3, 0.4) is 0 Å². The summed E-state index contributed by atoms with van der Waals surface area (Å²) in [5.74, 6) is -0.197. The van der Waals surface area contributed by atoms with E-state index in [1.54, 1.807) is 13.2 Å². The second-order valence-corrected chi connectivity index (χ2v) is 7.14. The molecule has 0 bridgehead atoms. The van der Waals surface area contributed by atoms with Gasteiger partial charge >= 0.3 is 6.09 Å². The van der Waals surface area contributed by atoms with Crippen LogP contribution in [0.15, 0.2) is 12.4 Å². The third kappa shape index (κ3) is 4.05. The fourth-order valence-corrected chi connectivity index (χ4v) is 3.40. The highest BCUT2D eigenvalue weighted by atomic mass is 35.5. The fraction of sp³-hybridized carbons (Fsp3) is 0.625. The van der Waals surface area contributed by atoms with E-state index < -0.39 is 17.4 Å². The SMILES string of the molecule is CN(C(=O)O)C(C)(C)C[C@H]1CCCN(c2cncc(F)c2Cl)C1. The van der Waals surface area contributed by atoms with E-state index in [2.05, 4.69) is 4.98 Å². The molecule has 2 rings (SSSR count). The standard InChI is InChI=1S/C16H23ClFN3O2/c1-16(2,20(3)15(22)23)7-11-5-4-6-21(10-11)13-9-19-8-12(18)14(13)17/h8-9,11H,4-7,10H2,1-3H3,(H,22,23)/t11-/m1/s1. The number of halogens is 2. The van der Waals surface area contributed by atoms with Crippen LogP contribution >= 0.6 is 11.6 Å². The molecule has 0 unspecified atom stereocenters. The van der Waals surface area contributed by atoms with E-state index in [1.807, 2.05) is 18.7 Å². The number of pyridine rings is 1. The Hall–Kier alpha value is -1.56. The highest BCUT2D eigenvalue weighted by Crippen LogP contribution is 2.34. The van der Waals surface area contributed by atoms with E-state index in [-0.39, 0.29) is 5.02 Å². The second kappa shape index (κ2) is 6.91. The zero-order valence-electron chi connectivity index (χ0n) is 13.7. The molecule has 1 saturated heterocycles. The summed E-state index contributed by atoms with van der Waals surface area (Å²) in [5, 5.41) is 9.29. The van der Waals surface area contributed by atoms with Gasteiger partial charge in [0.05, 0.1) is 18.1 Å². The molecule has 0 saturated carbocycles. The third-order valence-corrected chi connectivity index (χ3v) is 5.04. The first-order chi connectivity index (χ1) is 10.7. The van der Waals surface area contributed by atoms with Crippen molar-refractivity contribution in [2.75, 3.05) is 25.0 Å². The molecule has 2 heterocycles. The van der Waals surface area contributed by atoms with Crippen molar-refractivity contribution in [2.45, 2.75) is 38.6 Å². The first-order valence-electron chi connectivity index (χ1n) is 7.73. The van der Waals surface area contributed by atoms with Crippen molar-refractivity contribution < 1.29 is 14.3 Å². The van der Waals surface area contributed by atoms with Gasteiger partial charge in [0.1, 0.15) is 5.02 Å². The summed E-state index contributed by atoms with van der Waals surface area (Å²) >= 11 is 6.06. The van der Waals surface area contributed by atoms with E-state index in [1.165, 1.54) is 4.90 Å². The Labute approximate surface area is 141 Å². The molecule has 0 aromatic carbocycles. The summed E-state index contributed by atoms with van der Waals surface area (Å²) in [4.78, 5) is 18.5. The molecule has 128 valence electrons. The lowest BCUT2D eigenvalue weighted by atomic mass is 9.84. The summed E-state index contributed by atoms with van der Waals surface area (Å²) in [6.07, 6.45) is 4.49. The summed E-state index contributed by atoms with van der Waals surface area (Å²) in [6.45, 7) is 5.38. The highest BCUT2D eigenvalue weighted by molar-refractivity contribution is 6.33. The van der Waals surface area contributed by atoms with Gasteiger partial charge in [-0.05, 0) is 39.0 Å². The van der Waals surface area contributed by atoms with E-state index in [0.29, 0.717) is 11.6 Å². The molecule has 5 nitrogen and oxygen atoms in total. The topological polar surface area (TPSA) is 56.7 Å². The van der Waals surface area contributed by atoms with Crippen molar-refractivity contribution in [1.29, 1.82) is 0 Å². The van der Waals surface area contributed by atoms with Gasteiger partial charge in [-0.3, -0.25) is 4.98 Å². The molecule has 1 aromatic heterocycles. The average Bonchev–Trinajstić information content (AvgIpc) is 2.49. The van der Waals surface area contributed by atoms with Crippen LogP contribution in [-0.2, 0) is 0 Å². The molecule has 1 N–H and O–H groups in total. The summed E-state index contributed by atoms with van der Waals surface area (Å²) < 4.78 is 13.6. The van der Waals surface area contributed by atoms with Crippen molar-refractivity contribution in [1.82, 2.24) is 9.88 Å². The van der Waals surface area contributed by atoms with Gasteiger partial charge in [0.2, 0.25) is 0 Å². The number of rotatable bonds is 4. The van der Waals surface area contributed by atoms with Gasteiger partial charge < -0.3 is 14.9 Å². The highest BCUT2D eigenvalue weighted by Gasteiger charge is 2.33. The number of carboxylic acid groups (broad SMARTS) is 1. The normalized spacial score (nSPS) is 18.8. The van der Waals surface area contributed by atoms with Crippen LogP contribution in [-0.4, -0.2) is 46.8 Å². The lowest BCUT2D eigenvalue weighted by Gasteiger charge is -2.41. The molecule has 1 aromatic rings. The Kier molecular flexibility index (Phi) is 5.34. The van der Waals surface area contributed by atoms with E-state index in [0.717, 1.165) is 38.5 Å². The minimum Gasteiger partial charge on any atom is -0.465 e. The van der Waals surface area contributed by atoms with Crippen molar-refractivity contribution in [3.8, 4) is 0 Å². The Balaban J connectivity index is 2.09. The van der Waals surface area contributed by atoms with Gasteiger partial charge in [0, 0.05) is 25.7 Å². The van der Waals surface area contributed by atoms with Crippen molar-refractivity contribution >= 4 is 23.4 Å². The molecule has 23 heavy (non-hydrogen) atoms. The monoisotopic (exact) mass is 343 g/mol. The second-order valence-electron chi connectivity index (χ2n) is 6.77. The summed E-state index contributed by atoms with van der Waals surface area (Å²) in [6, 6.07) is 0. The maximum absolute atomic E-state index is 13.6. The molecule has 0 radical (unpaired) electrons. The number of carbonyl (C=O) groups is 1. The molecule has 1 amide bonds. The van der Waals surface area contributed by atoms with Gasteiger partial charge in [-0.15, -0.1) is 0 Å². The molecule has 1 aliphatic heterocycles. The molecule has 1 aliphatic rings. The van der Waals surface area contributed by atoms with Crippen molar-refractivity contribution in [2.24, 2.45) is 5.92 Å². The largest absolute Gasteiger partial charge is 0.465 e. The van der Waals surface area contributed by atoms with Gasteiger partial charge in [0.15, 0.2) is 5.82 Å². The third-order valence-electron chi connectivity index (χ3n) is 4.66. The molecule has 0 aliphatic carbocycles. The van der Waals surface area contributed by atoms with Crippen molar-refractivity contribution in [3.05, 3.63) is 23.2 Å². The number of hydrogen-bond acceptors (Lipinski definition) is 3. The van der Waals surface area contributed by atoms with Crippen LogP contribution in [0, 0.1) is 11.7 Å². The number of piperidine rings is 1. The minimum atomic E-state index is -0.931. The zero-order chi connectivity index (χ0) is 17.2. The quantitative estimate of drug-likeness (QED) is 0.901.